The number of methoxy groups -OCH3 is 1. The van der Waals surface area contributed by atoms with Gasteiger partial charge in [-0.15, -0.1) is 9.36 Å². The predicted molar refractivity (Wildman–Crippen MR) is 72.4 cm³/mol. The van der Waals surface area contributed by atoms with Gasteiger partial charge in [0.1, 0.15) is 18.6 Å². The van der Waals surface area contributed by atoms with Crippen LogP contribution in [-0.2, 0) is 11.3 Å². The molecule has 0 fully saturated rings. The maximum Gasteiger partial charge on any atom is 0.173 e. The Morgan fingerprint density at radius 1 is 1.53 bits per heavy atom. The molecule has 1 aromatic carbocycles. The van der Waals surface area contributed by atoms with Crippen molar-refractivity contribution in [1.29, 1.82) is 0 Å². The minimum absolute atomic E-state index is 0.207. The summed E-state index contributed by atoms with van der Waals surface area (Å²) in [6.07, 6.45) is 2.25. The summed E-state index contributed by atoms with van der Waals surface area (Å²) in [5.41, 5.74) is 0.570. The molecule has 0 saturated heterocycles. The fourth-order valence-electron chi connectivity index (χ4n) is 1.67. The van der Waals surface area contributed by atoms with E-state index in [2.05, 4.69) is 21.1 Å². The van der Waals surface area contributed by atoms with Crippen molar-refractivity contribution >= 4 is 27.5 Å². The zero-order valence-electron chi connectivity index (χ0n) is 10.3. The zero-order chi connectivity index (χ0) is 13.8. The summed E-state index contributed by atoms with van der Waals surface area (Å²) >= 11 is 9.44. The van der Waals surface area contributed by atoms with Crippen LogP contribution in [0.5, 0.6) is 5.88 Å². The molecule has 0 saturated carbocycles. The van der Waals surface area contributed by atoms with Gasteiger partial charge >= 0.3 is 0 Å². The van der Waals surface area contributed by atoms with Gasteiger partial charge in [0.05, 0.1) is 16.8 Å². The van der Waals surface area contributed by atoms with E-state index in [-0.39, 0.29) is 5.88 Å². The predicted octanol–water partition coefficient (Wildman–Crippen LogP) is 1.69. The van der Waals surface area contributed by atoms with Gasteiger partial charge in [0.2, 0.25) is 0 Å². The molecule has 0 spiro atoms. The van der Waals surface area contributed by atoms with Crippen LogP contribution in [-0.4, -0.2) is 23.6 Å². The number of halogens is 2. The van der Waals surface area contributed by atoms with Crippen LogP contribution in [0.4, 0.5) is 0 Å². The maximum atomic E-state index is 11.9. The van der Waals surface area contributed by atoms with Gasteiger partial charge in [-0.3, -0.25) is 0 Å². The van der Waals surface area contributed by atoms with Gasteiger partial charge in [0.25, 0.3) is 0 Å². The number of ether oxygens (including phenoxy) is 1. The van der Waals surface area contributed by atoms with E-state index in [0.717, 1.165) is 10.9 Å². The fourth-order valence-corrected chi connectivity index (χ4v) is 2.42. The molecule has 19 heavy (non-hydrogen) atoms. The molecule has 0 atom stereocenters. The number of nitrogens with zero attached hydrogens (tertiary/aromatic N) is 3. The Morgan fingerprint density at radius 3 is 3.00 bits per heavy atom. The molecule has 0 amide bonds. The van der Waals surface area contributed by atoms with Crippen molar-refractivity contribution in [2.45, 2.75) is 13.0 Å². The smallest absolute Gasteiger partial charge is 0.173 e. The van der Waals surface area contributed by atoms with E-state index in [1.807, 2.05) is 6.07 Å². The van der Waals surface area contributed by atoms with Crippen LogP contribution in [0.3, 0.4) is 0 Å². The van der Waals surface area contributed by atoms with Crippen LogP contribution in [0.1, 0.15) is 6.42 Å². The molecule has 2 aromatic rings. The van der Waals surface area contributed by atoms with E-state index in [0.29, 0.717) is 23.9 Å². The molecular weight excluding hydrogens is 334 g/mol. The van der Waals surface area contributed by atoms with Crippen molar-refractivity contribution < 1.29 is 14.5 Å². The first-order chi connectivity index (χ1) is 9.11. The summed E-state index contributed by atoms with van der Waals surface area (Å²) < 4.78 is 8.71. The van der Waals surface area contributed by atoms with E-state index < -0.39 is 0 Å². The molecule has 7 heteroatoms. The van der Waals surface area contributed by atoms with E-state index in [9.17, 15) is 5.11 Å². The number of aromatic nitrogens is 3. The van der Waals surface area contributed by atoms with Gasteiger partial charge in [0.15, 0.2) is 5.69 Å². The quantitative estimate of drug-likeness (QED) is 0.611. The SMILES string of the molecule is COCCC[n+]1cc([O-])n(-c2ccc(Br)cc2Cl)n1. The average molecular weight is 347 g/mol. The lowest BCUT2D eigenvalue weighted by Crippen LogP contribution is -2.36. The molecule has 1 heterocycles. The Balaban J connectivity index is 2.24. The van der Waals surface area contributed by atoms with Crippen LogP contribution < -0.4 is 9.79 Å². The molecule has 1 aromatic heterocycles. The van der Waals surface area contributed by atoms with E-state index in [1.165, 1.54) is 10.9 Å². The van der Waals surface area contributed by atoms with Crippen LogP contribution in [0.2, 0.25) is 5.02 Å². The highest BCUT2D eigenvalue weighted by molar-refractivity contribution is 9.10. The van der Waals surface area contributed by atoms with Gasteiger partial charge in [0, 0.05) is 18.0 Å². The van der Waals surface area contributed by atoms with Crippen LogP contribution in [0.15, 0.2) is 28.9 Å². The lowest BCUT2D eigenvalue weighted by Gasteiger charge is -2.02. The van der Waals surface area contributed by atoms with Crippen molar-refractivity contribution in [3.05, 3.63) is 33.9 Å². The van der Waals surface area contributed by atoms with Crippen molar-refractivity contribution in [3.63, 3.8) is 0 Å². The first kappa shape index (κ1) is 14.3. The Hall–Kier alpha value is -1.11. The number of rotatable bonds is 5. The van der Waals surface area contributed by atoms with Gasteiger partial charge < -0.3 is 9.84 Å². The topological polar surface area (TPSA) is 54.0 Å². The maximum absolute atomic E-state index is 11.9. The van der Waals surface area contributed by atoms with Crippen LogP contribution in [0, 0.1) is 0 Å². The minimum atomic E-state index is -0.207. The summed E-state index contributed by atoms with van der Waals surface area (Å²) in [7, 11) is 1.64. The first-order valence-corrected chi connectivity index (χ1v) is 6.90. The normalized spacial score (nSPS) is 10.9. The Kier molecular flexibility index (Phi) is 4.79. The van der Waals surface area contributed by atoms with Gasteiger partial charge in [-0.25, -0.2) is 0 Å². The number of aryl methyl sites for hydroxylation is 1. The second-order valence-corrected chi connectivity index (χ2v) is 5.30. The molecule has 0 aliphatic carbocycles. The molecule has 0 unspecified atom stereocenters. The summed E-state index contributed by atoms with van der Waals surface area (Å²) in [6, 6.07) is 5.30. The Bertz CT molecular complexity index is 574. The third-order valence-corrected chi connectivity index (χ3v) is 3.34. The molecule has 0 aliphatic rings. The summed E-state index contributed by atoms with van der Waals surface area (Å²) in [4.78, 5) is 0. The number of benzene rings is 1. The van der Waals surface area contributed by atoms with E-state index in [1.54, 1.807) is 23.9 Å². The lowest BCUT2D eigenvalue weighted by atomic mass is 10.3. The van der Waals surface area contributed by atoms with Crippen molar-refractivity contribution in [2.24, 2.45) is 0 Å². The number of hydrogen-bond acceptors (Lipinski definition) is 3. The molecule has 0 N–H and O–H groups in total. The molecule has 0 radical (unpaired) electrons. The van der Waals surface area contributed by atoms with Crippen LogP contribution in [0.25, 0.3) is 5.69 Å². The molecule has 5 nitrogen and oxygen atoms in total. The van der Waals surface area contributed by atoms with Crippen molar-refractivity contribution in [3.8, 4) is 11.6 Å². The molecule has 0 aliphatic heterocycles. The second kappa shape index (κ2) is 6.36. The van der Waals surface area contributed by atoms with Crippen LogP contribution >= 0.6 is 27.5 Å². The third-order valence-electron chi connectivity index (χ3n) is 2.55. The van der Waals surface area contributed by atoms with Gasteiger partial charge in [-0.05, 0) is 18.2 Å². The van der Waals surface area contributed by atoms with Gasteiger partial charge in [-0.1, -0.05) is 27.5 Å². The van der Waals surface area contributed by atoms with Gasteiger partial charge in [-0.2, -0.15) is 0 Å². The summed E-state index contributed by atoms with van der Waals surface area (Å²) in [5.74, 6) is -0.207. The monoisotopic (exact) mass is 345 g/mol. The highest BCUT2D eigenvalue weighted by atomic mass is 79.9. The minimum Gasteiger partial charge on any atom is -0.838 e. The Labute approximate surface area is 124 Å². The molecule has 0 bridgehead atoms. The summed E-state index contributed by atoms with van der Waals surface area (Å²) in [6.45, 7) is 1.26. The standard InChI is InChI=1S/C12H13BrClN3O2/c1-19-6-2-5-16-8-12(18)17(15-16)11-4-3-9(13)7-10(11)14/h3-4,7-8H,2,5-6H2,1H3. The van der Waals surface area contributed by atoms with E-state index in [4.69, 9.17) is 16.3 Å². The van der Waals surface area contributed by atoms with Crippen molar-refractivity contribution in [2.75, 3.05) is 13.7 Å². The summed E-state index contributed by atoms with van der Waals surface area (Å²) in [5, 5.41) is 16.6. The molecular formula is C12H13BrClN3O2. The number of hydrogen-bond donors (Lipinski definition) is 0. The third kappa shape index (κ3) is 3.46. The average Bonchev–Trinajstić information content (AvgIpc) is 2.71. The zero-order valence-corrected chi connectivity index (χ0v) is 12.7. The van der Waals surface area contributed by atoms with E-state index >= 15 is 0 Å². The Morgan fingerprint density at radius 2 is 2.32 bits per heavy atom. The lowest BCUT2D eigenvalue weighted by molar-refractivity contribution is -0.755. The fraction of sp³-hybridized carbons (Fsp3) is 0.333. The molecule has 2 rings (SSSR count). The first-order valence-electron chi connectivity index (χ1n) is 5.73. The van der Waals surface area contributed by atoms with Crippen molar-refractivity contribution in [1.82, 2.24) is 9.90 Å². The molecule has 102 valence electrons. The second-order valence-electron chi connectivity index (χ2n) is 3.97. The largest absolute Gasteiger partial charge is 0.838 e. The highest BCUT2D eigenvalue weighted by Crippen LogP contribution is 2.25. The highest BCUT2D eigenvalue weighted by Gasteiger charge is 2.14.